The van der Waals surface area contributed by atoms with E-state index in [1.165, 1.54) is 0 Å². The van der Waals surface area contributed by atoms with Crippen LogP contribution in [0.15, 0.2) is 12.1 Å². The zero-order valence-electron chi connectivity index (χ0n) is 10.9. The van der Waals surface area contributed by atoms with E-state index in [2.05, 4.69) is 5.32 Å². The van der Waals surface area contributed by atoms with Gasteiger partial charge in [0.15, 0.2) is 17.5 Å². The maximum atomic E-state index is 13.2. The first kappa shape index (κ1) is 13.4. The summed E-state index contributed by atoms with van der Waals surface area (Å²) in [6.07, 6.45) is 1.89. The predicted octanol–water partition coefficient (Wildman–Crippen LogP) is 1.93. The van der Waals surface area contributed by atoms with Crippen molar-refractivity contribution in [2.24, 2.45) is 5.41 Å². The van der Waals surface area contributed by atoms with E-state index in [9.17, 15) is 18.0 Å². The molecule has 1 atom stereocenters. The van der Waals surface area contributed by atoms with Crippen LogP contribution in [0.4, 0.5) is 13.2 Å². The largest absolute Gasteiger partial charge is 0.338 e. The highest BCUT2D eigenvalue weighted by Crippen LogP contribution is 2.36. The third-order valence-electron chi connectivity index (χ3n) is 4.29. The molecule has 1 aromatic rings. The van der Waals surface area contributed by atoms with Crippen molar-refractivity contribution < 1.29 is 18.0 Å². The highest BCUT2D eigenvalue weighted by Gasteiger charge is 2.42. The number of rotatable bonds is 1. The van der Waals surface area contributed by atoms with Crippen LogP contribution in [-0.4, -0.2) is 37.0 Å². The Balaban J connectivity index is 1.80. The molecule has 108 valence electrons. The SMILES string of the molecule is O=C(c1cc(F)c(F)c(F)c1)N1CCC2(CCNC2)C1. The van der Waals surface area contributed by atoms with Gasteiger partial charge in [0.25, 0.3) is 5.91 Å². The van der Waals surface area contributed by atoms with Crippen molar-refractivity contribution in [2.75, 3.05) is 26.2 Å². The van der Waals surface area contributed by atoms with Gasteiger partial charge in [0.1, 0.15) is 0 Å². The third kappa shape index (κ3) is 2.18. The van der Waals surface area contributed by atoms with E-state index in [4.69, 9.17) is 0 Å². The summed E-state index contributed by atoms with van der Waals surface area (Å²) in [6.45, 7) is 2.95. The highest BCUT2D eigenvalue weighted by molar-refractivity contribution is 5.94. The fraction of sp³-hybridized carbons (Fsp3) is 0.500. The van der Waals surface area contributed by atoms with Gasteiger partial charge in [-0.1, -0.05) is 0 Å². The van der Waals surface area contributed by atoms with Gasteiger partial charge in [-0.2, -0.15) is 0 Å². The van der Waals surface area contributed by atoms with Crippen molar-refractivity contribution in [3.05, 3.63) is 35.1 Å². The number of amides is 1. The number of hydrogen-bond donors (Lipinski definition) is 1. The van der Waals surface area contributed by atoms with E-state index < -0.39 is 23.4 Å². The first-order valence-corrected chi connectivity index (χ1v) is 6.65. The molecule has 2 fully saturated rings. The van der Waals surface area contributed by atoms with Crippen LogP contribution >= 0.6 is 0 Å². The number of likely N-dealkylation sites (tertiary alicyclic amines) is 1. The summed E-state index contributed by atoms with van der Waals surface area (Å²) in [5, 5.41) is 3.27. The average molecular weight is 284 g/mol. The Bertz CT molecular complexity index is 532. The molecule has 0 bridgehead atoms. The molecule has 0 saturated carbocycles. The molecule has 1 unspecified atom stereocenters. The third-order valence-corrected chi connectivity index (χ3v) is 4.29. The molecule has 0 radical (unpaired) electrons. The molecule has 6 heteroatoms. The number of halogens is 3. The van der Waals surface area contributed by atoms with Crippen LogP contribution in [0.1, 0.15) is 23.2 Å². The Kier molecular flexibility index (Phi) is 3.20. The number of carbonyl (C=O) groups excluding carboxylic acids is 1. The predicted molar refractivity (Wildman–Crippen MR) is 66.8 cm³/mol. The Morgan fingerprint density at radius 2 is 1.90 bits per heavy atom. The summed E-state index contributed by atoms with van der Waals surface area (Å²) in [6, 6.07) is 1.53. The van der Waals surface area contributed by atoms with Crippen LogP contribution < -0.4 is 5.32 Å². The monoisotopic (exact) mass is 284 g/mol. The molecule has 1 amide bonds. The number of hydrogen-bond acceptors (Lipinski definition) is 2. The van der Waals surface area contributed by atoms with Gasteiger partial charge in [0.2, 0.25) is 0 Å². The van der Waals surface area contributed by atoms with Crippen molar-refractivity contribution in [1.29, 1.82) is 0 Å². The van der Waals surface area contributed by atoms with Crippen molar-refractivity contribution >= 4 is 5.91 Å². The molecule has 2 heterocycles. The van der Waals surface area contributed by atoms with E-state index in [0.29, 0.717) is 13.1 Å². The minimum atomic E-state index is -1.54. The zero-order chi connectivity index (χ0) is 14.3. The fourth-order valence-corrected chi connectivity index (χ4v) is 3.11. The number of carbonyl (C=O) groups is 1. The lowest BCUT2D eigenvalue weighted by Gasteiger charge is -2.22. The molecule has 3 nitrogen and oxygen atoms in total. The van der Waals surface area contributed by atoms with Gasteiger partial charge in [-0.3, -0.25) is 4.79 Å². The van der Waals surface area contributed by atoms with Gasteiger partial charge in [-0.25, -0.2) is 13.2 Å². The van der Waals surface area contributed by atoms with E-state index in [-0.39, 0.29) is 11.0 Å². The smallest absolute Gasteiger partial charge is 0.254 e. The summed E-state index contributed by atoms with van der Waals surface area (Å²) >= 11 is 0. The van der Waals surface area contributed by atoms with Crippen LogP contribution in [0, 0.1) is 22.9 Å². The van der Waals surface area contributed by atoms with Crippen LogP contribution in [-0.2, 0) is 0 Å². The first-order valence-electron chi connectivity index (χ1n) is 6.65. The van der Waals surface area contributed by atoms with Gasteiger partial charge in [-0.15, -0.1) is 0 Å². The molecule has 2 saturated heterocycles. The zero-order valence-corrected chi connectivity index (χ0v) is 10.9. The van der Waals surface area contributed by atoms with Crippen molar-refractivity contribution in [1.82, 2.24) is 10.2 Å². The second kappa shape index (κ2) is 4.77. The maximum Gasteiger partial charge on any atom is 0.254 e. The Morgan fingerprint density at radius 1 is 1.20 bits per heavy atom. The fourth-order valence-electron chi connectivity index (χ4n) is 3.11. The minimum Gasteiger partial charge on any atom is -0.338 e. The summed E-state index contributed by atoms with van der Waals surface area (Å²) in [5.41, 5.74) is -0.0447. The summed E-state index contributed by atoms with van der Waals surface area (Å²) in [4.78, 5) is 13.8. The maximum absolute atomic E-state index is 13.2. The molecule has 1 spiro atoms. The van der Waals surface area contributed by atoms with Crippen LogP contribution in [0.3, 0.4) is 0 Å². The summed E-state index contributed by atoms with van der Waals surface area (Å²) in [7, 11) is 0. The molecule has 1 N–H and O–H groups in total. The molecule has 0 aromatic heterocycles. The molecular formula is C14H15F3N2O. The van der Waals surface area contributed by atoms with E-state index in [0.717, 1.165) is 38.1 Å². The molecule has 0 aliphatic carbocycles. The molecule has 2 aliphatic rings. The van der Waals surface area contributed by atoms with E-state index >= 15 is 0 Å². The lowest BCUT2D eigenvalue weighted by molar-refractivity contribution is 0.0774. The van der Waals surface area contributed by atoms with Crippen molar-refractivity contribution in [3.63, 3.8) is 0 Å². The van der Waals surface area contributed by atoms with Crippen molar-refractivity contribution in [3.8, 4) is 0 Å². The lowest BCUT2D eigenvalue weighted by atomic mass is 9.86. The quantitative estimate of drug-likeness (QED) is 0.799. The molecular weight excluding hydrogens is 269 g/mol. The minimum absolute atomic E-state index is 0.0901. The molecule has 2 aliphatic heterocycles. The second-order valence-electron chi connectivity index (χ2n) is 5.66. The second-order valence-corrected chi connectivity index (χ2v) is 5.66. The Morgan fingerprint density at radius 3 is 2.50 bits per heavy atom. The van der Waals surface area contributed by atoms with Crippen molar-refractivity contribution in [2.45, 2.75) is 12.8 Å². The molecule has 3 rings (SSSR count). The van der Waals surface area contributed by atoms with Crippen LogP contribution in [0.25, 0.3) is 0 Å². The Hall–Kier alpha value is -1.56. The first-order chi connectivity index (χ1) is 9.51. The summed E-state index contributed by atoms with van der Waals surface area (Å²) < 4.78 is 39.3. The van der Waals surface area contributed by atoms with E-state index in [1.807, 2.05) is 0 Å². The van der Waals surface area contributed by atoms with E-state index in [1.54, 1.807) is 4.90 Å². The number of nitrogens with one attached hydrogen (secondary N) is 1. The number of nitrogens with zero attached hydrogens (tertiary/aromatic N) is 1. The van der Waals surface area contributed by atoms with Gasteiger partial charge in [0, 0.05) is 30.6 Å². The topological polar surface area (TPSA) is 32.3 Å². The average Bonchev–Trinajstić information content (AvgIpc) is 3.05. The number of benzene rings is 1. The Labute approximate surface area is 114 Å². The summed E-state index contributed by atoms with van der Waals surface area (Å²) in [5.74, 6) is -4.64. The van der Waals surface area contributed by atoms with Gasteiger partial charge >= 0.3 is 0 Å². The van der Waals surface area contributed by atoms with Gasteiger partial charge in [0.05, 0.1) is 0 Å². The van der Waals surface area contributed by atoms with Crippen LogP contribution in [0.2, 0.25) is 0 Å². The lowest BCUT2D eigenvalue weighted by Crippen LogP contribution is -2.33. The standard InChI is InChI=1S/C14H15F3N2O/c15-10-5-9(6-11(16)12(10)17)13(20)19-4-2-14(8-19)1-3-18-7-14/h5-6,18H,1-4,7-8H2. The molecule has 20 heavy (non-hydrogen) atoms. The normalized spacial score (nSPS) is 25.6. The molecule has 1 aromatic carbocycles. The highest BCUT2D eigenvalue weighted by atomic mass is 19.2. The van der Waals surface area contributed by atoms with Gasteiger partial charge in [-0.05, 0) is 31.5 Å². The van der Waals surface area contributed by atoms with Gasteiger partial charge < -0.3 is 10.2 Å². The van der Waals surface area contributed by atoms with Crippen LogP contribution in [0.5, 0.6) is 0 Å².